The van der Waals surface area contributed by atoms with Gasteiger partial charge in [0.15, 0.2) is 5.82 Å². The van der Waals surface area contributed by atoms with Crippen LogP contribution in [0.4, 0.5) is 4.79 Å². The largest absolute Gasteiger partial charge is 0.366 e. The highest BCUT2D eigenvalue weighted by Gasteiger charge is 2.28. The van der Waals surface area contributed by atoms with E-state index in [4.69, 9.17) is 4.74 Å². The van der Waals surface area contributed by atoms with E-state index in [0.717, 1.165) is 31.4 Å². The summed E-state index contributed by atoms with van der Waals surface area (Å²) in [6, 6.07) is -0.0180. The van der Waals surface area contributed by atoms with Crippen LogP contribution in [-0.4, -0.2) is 76.5 Å². The van der Waals surface area contributed by atoms with Crippen molar-refractivity contribution < 1.29 is 9.53 Å². The van der Waals surface area contributed by atoms with Crippen LogP contribution in [0.2, 0.25) is 0 Å². The van der Waals surface area contributed by atoms with Gasteiger partial charge in [-0.2, -0.15) is 0 Å². The Morgan fingerprint density at radius 2 is 2.29 bits per heavy atom. The van der Waals surface area contributed by atoms with E-state index in [1.54, 1.807) is 6.33 Å². The number of aromatic nitrogens is 3. The van der Waals surface area contributed by atoms with E-state index in [1.165, 1.54) is 12.8 Å². The van der Waals surface area contributed by atoms with E-state index in [2.05, 4.69) is 27.3 Å². The molecular formula is C16H28N6O2. The van der Waals surface area contributed by atoms with Crippen LogP contribution in [0, 0.1) is 5.92 Å². The fourth-order valence-corrected chi connectivity index (χ4v) is 3.50. The van der Waals surface area contributed by atoms with Gasteiger partial charge in [0.1, 0.15) is 12.4 Å². The van der Waals surface area contributed by atoms with Gasteiger partial charge in [0.25, 0.3) is 0 Å². The number of carbonyl (C=O) groups excluding carboxylic acids is 1. The molecule has 8 nitrogen and oxygen atoms in total. The first kappa shape index (κ1) is 17.2. The number of nitrogens with one attached hydrogen (secondary N) is 1. The third-order valence-corrected chi connectivity index (χ3v) is 4.83. The Hall–Kier alpha value is -1.67. The highest BCUT2D eigenvalue weighted by molar-refractivity contribution is 5.74. The molecule has 0 radical (unpaired) electrons. The first-order chi connectivity index (χ1) is 11.6. The molecule has 2 atom stereocenters. The lowest BCUT2D eigenvalue weighted by atomic mass is 10.0. The molecule has 8 heteroatoms. The first-order valence-electron chi connectivity index (χ1n) is 8.84. The summed E-state index contributed by atoms with van der Waals surface area (Å²) in [5.74, 6) is 1.52. The second kappa shape index (κ2) is 7.94. The summed E-state index contributed by atoms with van der Waals surface area (Å²) >= 11 is 0. The number of amides is 2. The van der Waals surface area contributed by atoms with E-state index >= 15 is 0 Å². The smallest absolute Gasteiger partial charge is 0.317 e. The topological polar surface area (TPSA) is 75.5 Å². The molecular weight excluding hydrogens is 308 g/mol. The zero-order valence-electron chi connectivity index (χ0n) is 14.6. The van der Waals surface area contributed by atoms with E-state index in [-0.39, 0.29) is 12.1 Å². The molecule has 3 rings (SSSR count). The van der Waals surface area contributed by atoms with Gasteiger partial charge in [-0.05, 0) is 25.3 Å². The molecule has 1 aromatic rings. The quantitative estimate of drug-likeness (QED) is 0.873. The van der Waals surface area contributed by atoms with Crippen molar-refractivity contribution in [3.8, 4) is 0 Å². The Balaban J connectivity index is 1.44. The molecule has 24 heavy (non-hydrogen) atoms. The summed E-state index contributed by atoms with van der Waals surface area (Å²) in [5.41, 5.74) is 0. The van der Waals surface area contributed by atoms with Crippen LogP contribution in [0.15, 0.2) is 6.33 Å². The van der Waals surface area contributed by atoms with Crippen molar-refractivity contribution >= 4 is 6.03 Å². The average Bonchev–Trinajstić information content (AvgIpc) is 3.01. The molecule has 2 fully saturated rings. The van der Waals surface area contributed by atoms with Gasteiger partial charge in [0.05, 0.1) is 13.2 Å². The lowest BCUT2D eigenvalue weighted by Gasteiger charge is -2.33. The number of urea groups is 1. The number of hydrogen-bond donors (Lipinski definition) is 1. The lowest BCUT2D eigenvalue weighted by Crippen LogP contribution is -2.49. The zero-order valence-corrected chi connectivity index (χ0v) is 14.6. The number of piperidine rings is 1. The van der Waals surface area contributed by atoms with E-state index in [1.807, 2.05) is 16.5 Å². The van der Waals surface area contributed by atoms with E-state index in [0.29, 0.717) is 26.2 Å². The molecule has 2 amide bonds. The summed E-state index contributed by atoms with van der Waals surface area (Å²) in [6.07, 6.45) is 4.02. The summed E-state index contributed by atoms with van der Waals surface area (Å²) in [7, 11) is 1.89. The van der Waals surface area contributed by atoms with Crippen molar-refractivity contribution in [2.24, 2.45) is 13.0 Å². The molecule has 2 unspecified atom stereocenters. The van der Waals surface area contributed by atoms with Crippen LogP contribution in [0.5, 0.6) is 0 Å². The van der Waals surface area contributed by atoms with Crippen molar-refractivity contribution in [3.05, 3.63) is 12.2 Å². The normalized spacial score (nSPS) is 25.7. The van der Waals surface area contributed by atoms with Crippen molar-refractivity contribution in [3.63, 3.8) is 0 Å². The number of hydrogen-bond acceptors (Lipinski definition) is 5. The molecule has 2 saturated heterocycles. The highest BCUT2D eigenvalue weighted by atomic mass is 16.5. The fraction of sp³-hybridized carbons (Fsp3) is 0.812. The van der Waals surface area contributed by atoms with Crippen molar-refractivity contribution in [1.29, 1.82) is 0 Å². The van der Waals surface area contributed by atoms with Gasteiger partial charge in [-0.3, -0.25) is 0 Å². The standard InChI is InChI=1S/C16H28N6O2/c1-13-4-3-6-21(10-13)7-5-17-16(23)22-8-9-24-14(11-22)15-19-18-12-20(15)2/h12-14H,3-11H2,1-2H3,(H,17,23). The maximum Gasteiger partial charge on any atom is 0.317 e. The van der Waals surface area contributed by atoms with Gasteiger partial charge in [-0.25, -0.2) is 4.79 Å². The van der Waals surface area contributed by atoms with Crippen LogP contribution in [0.3, 0.4) is 0 Å². The van der Waals surface area contributed by atoms with Gasteiger partial charge in [0.2, 0.25) is 0 Å². The summed E-state index contributed by atoms with van der Waals surface area (Å²) in [6.45, 7) is 7.85. The molecule has 0 saturated carbocycles. The van der Waals surface area contributed by atoms with Crippen LogP contribution in [0.1, 0.15) is 31.7 Å². The molecule has 3 heterocycles. The molecule has 134 valence electrons. The Morgan fingerprint density at radius 3 is 3.04 bits per heavy atom. The number of carbonyl (C=O) groups is 1. The maximum atomic E-state index is 12.4. The second-order valence-corrected chi connectivity index (χ2v) is 6.89. The van der Waals surface area contributed by atoms with Crippen molar-refractivity contribution in [2.75, 3.05) is 45.9 Å². The van der Waals surface area contributed by atoms with Gasteiger partial charge in [-0.1, -0.05) is 6.92 Å². The van der Waals surface area contributed by atoms with Crippen molar-refractivity contribution in [2.45, 2.75) is 25.9 Å². The third kappa shape index (κ3) is 4.24. The molecule has 1 N–H and O–H groups in total. The van der Waals surface area contributed by atoms with E-state index < -0.39 is 0 Å². The highest BCUT2D eigenvalue weighted by Crippen LogP contribution is 2.19. The molecule has 0 aromatic carbocycles. The third-order valence-electron chi connectivity index (χ3n) is 4.83. The van der Waals surface area contributed by atoms with E-state index in [9.17, 15) is 4.79 Å². The second-order valence-electron chi connectivity index (χ2n) is 6.89. The van der Waals surface area contributed by atoms with Crippen LogP contribution in [0.25, 0.3) is 0 Å². The van der Waals surface area contributed by atoms with Gasteiger partial charge in [-0.15, -0.1) is 10.2 Å². The van der Waals surface area contributed by atoms with Crippen LogP contribution < -0.4 is 5.32 Å². The number of rotatable bonds is 4. The zero-order chi connectivity index (χ0) is 16.9. The summed E-state index contributed by atoms with van der Waals surface area (Å²) < 4.78 is 7.58. The predicted molar refractivity (Wildman–Crippen MR) is 89.5 cm³/mol. The Labute approximate surface area is 143 Å². The molecule has 0 aliphatic carbocycles. The maximum absolute atomic E-state index is 12.4. The fourth-order valence-electron chi connectivity index (χ4n) is 3.50. The SMILES string of the molecule is CC1CCCN(CCNC(=O)N2CCOC(c3nncn3C)C2)C1. The minimum absolute atomic E-state index is 0.0180. The molecule has 0 bridgehead atoms. The van der Waals surface area contributed by atoms with Crippen molar-refractivity contribution in [1.82, 2.24) is 29.9 Å². The van der Waals surface area contributed by atoms with Crippen LogP contribution in [-0.2, 0) is 11.8 Å². The number of nitrogens with zero attached hydrogens (tertiary/aromatic N) is 5. The van der Waals surface area contributed by atoms with Gasteiger partial charge in [0, 0.05) is 33.2 Å². The lowest BCUT2D eigenvalue weighted by molar-refractivity contribution is -0.0214. The molecule has 0 spiro atoms. The number of morpholine rings is 1. The Bertz CT molecular complexity index is 548. The summed E-state index contributed by atoms with van der Waals surface area (Å²) in [5, 5.41) is 11.0. The first-order valence-corrected chi connectivity index (χ1v) is 8.84. The van der Waals surface area contributed by atoms with Gasteiger partial charge < -0.3 is 24.4 Å². The minimum Gasteiger partial charge on any atom is -0.366 e. The molecule has 2 aliphatic rings. The molecule has 2 aliphatic heterocycles. The summed E-state index contributed by atoms with van der Waals surface area (Å²) in [4.78, 5) is 16.6. The Morgan fingerprint density at radius 1 is 1.42 bits per heavy atom. The number of likely N-dealkylation sites (tertiary alicyclic amines) is 1. The number of ether oxygens (including phenoxy) is 1. The number of aryl methyl sites for hydroxylation is 1. The minimum atomic E-state index is -0.208. The van der Waals surface area contributed by atoms with Gasteiger partial charge >= 0.3 is 6.03 Å². The molecule has 1 aromatic heterocycles. The Kier molecular flexibility index (Phi) is 5.68. The van der Waals surface area contributed by atoms with Crippen LogP contribution >= 0.6 is 0 Å². The average molecular weight is 336 g/mol. The predicted octanol–water partition coefficient (Wildman–Crippen LogP) is 0.630. The monoisotopic (exact) mass is 336 g/mol.